The Hall–Kier alpha value is -1.74. The topological polar surface area (TPSA) is 32.7 Å². The van der Waals surface area contributed by atoms with Gasteiger partial charge in [0, 0.05) is 38.9 Å². The maximum Gasteiger partial charge on any atom is 0.135 e. The number of nitrogens with zero attached hydrogens (tertiary/aromatic N) is 1. The van der Waals surface area contributed by atoms with Crippen molar-refractivity contribution in [3.8, 4) is 0 Å². The highest BCUT2D eigenvalue weighted by Gasteiger charge is 2.32. The molecule has 0 fully saturated rings. The number of para-hydroxylation sites is 1. The Kier molecular flexibility index (Phi) is 3.43. The summed E-state index contributed by atoms with van der Waals surface area (Å²) in [7, 11) is 5.66. The molecular formula is C15H19NO2. The van der Waals surface area contributed by atoms with E-state index >= 15 is 0 Å². The van der Waals surface area contributed by atoms with E-state index in [4.69, 9.17) is 4.74 Å². The van der Waals surface area contributed by atoms with Crippen LogP contribution in [0, 0.1) is 0 Å². The molecule has 96 valence electrons. The van der Waals surface area contributed by atoms with Crippen LogP contribution in [0.15, 0.2) is 48.3 Å². The Labute approximate surface area is 108 Å². The minimum atomic E-state index is -0.677. The molecule has 0 aliphatic heterocycles. The third kappa shape index (κ3) is 2.14. The van der Waals surface area contributed by atoms with Gasteiger partial charge in [0.1, 0.15) is 5.60 Å². The second-order valence-electron chi connectivity index (χ2n) is 4.65. The maximum atomic E-state index is 9.78. The summed E-state index contributed by atoms with van der Waals surface area (Å²) in [5.41, 5.74) is 1.43. The van der Waals surface area contributed by atoms with E-state index in [-0.39, 0.29) is 0 Å². The van der Waals surface area contributed by atoms with Gasteiger partial charge in [0.05, 0.1) is 5.76 Å². The van der Waals surface area contributed by atoms with Gasteiger partial charge >= 0.3 is 0 Å². The lowest BCUT2D eigenvalue weighted by Crippen LogP contribution is -2.28. The van der Waals surface area contributed by atoms with Gasteiger partial charge in [-0.15, -0.1) is 0 Å². The van der Waals surface area contributed by atoms with Gasteiger partial charge in [0.15, 0.2) is 0 Å². The molecule has 1 aromatic carbocycles. The van der Waals surface area contributed by atoms with Crippen LogP contribution in [0.3, 0.4) is 0 Å². The van der Waals surface area contributed by atoms with Crippen molar-refractivity contribution in [3.05, 3.63) is 53.8 Å². The van der Waals surface area contributed by atoms with E-state index in [0.29, 0.717) is 12.2 Å². The van der Waals surface area contributed by atoms with Crippen LogP contribution in [0.4, 0.5) is 5.69 Å². The first-order valence-electron chi connectivity index (χ1n) is 5.99. The van der Waals surface area contributed by atoms with Gasteiger partial charge in [-0.05, 0) is 18.2 Å². The predicted octanol–water partition coefficient (Wildman–Crippen LogP) is 3.00. The number of benzene rings is 1. The molecule has 0 spiro atoms. The zero-order valence-corrected chi connectivity index (χ0v) is 11.1. The fraction of sp³-hybridized carbons (Fsp3) is 0.333. The molecule has 0 saturated carbocycles. The number of anilines is 1. The molecular weight excluding hydrogens is 226 g/mol. The lowest BCUT2D eigenvalue weighted by molar-refractivity contribution is 0.0674. The lowest BCUT2D eigenvalue weighted by atomic mass is 9.87. The van der Waals surface area contributed by atoms with Crippen LogP contribution in [0.1, 0.15) is 12.0 Å². The summed E-state index contributed by atoms with van der Waals surface area (Å²) in [6.07, 6.45) is 6.27. The summed E-state index contributed by atoms with van der Waals surface area (Å²) in [6, 6.07) is 8.05. The van der Waals surface area contributed by atoms with Gasteiger partial charge in [0.2, 0.25) is 0 Å². The maximum absolute atomic E-state index is 9.78. The Balaban J connectivity index is 2.58. The Morgan fingerprint density at radius 3 is 2.61 bits per heavy atom. The minimum Gasteiger partial charge on any atom is -0.512 e. The van der Waals surface area contributed by atoms with Gasteiger partial charge in [-0.25, -0.2) is 0 Å². The molecule has 3 nitrogen and oxygen atoms in total. The van der Waals surface area contributed by atoms with E-state index in [0.717, 1.165) is 11.3 Å². The monoisotopic (exact) mass is 245 g/mol. The quantitative estimate of drug-likeness (QED) is 0.831. The van der Waals surface area contributed by atoms with Gasteiger partial charge in [-0.2, -0.15) is 0 Å². The van der Waals surface area contributed by atoms with Crippen LogP contribution in [0.25, 0.3) is 0 Å². The SMILES string of the molecule is COC1(c2ccccc2N(C)C)C=CCC(O)=C1. The van der Waals surface area contributed by atoms with Crippen molar-refractivity contribution in [3.63, 3.8) is 0 Å². The van der Waals surface area contributed by atoms with E-state index in [1.165, 1.54) is 0 Å². The van der Waals surface area contributed by atoms with Crippen LogP contribution in [-0.2, 0) is 10.3 Å². The number of hydrogen-bond acceptors (Lipinski definition) is 3. The van der Waals surface area contributed by atoms with Crippen molar-refractivity contribution in [2.75, 3.05) is 26.1 Å². The van der Waals surface area contributed by atoms with Crippen LogP contribution in [0.5, 0.6) is 0 Å². The van der Waals surface area contributed by atoms with Crippen molar-refractivity contribution in [2.24, 2.45) is 0 Å². The number of aliphatic hydroxyl groups is 1. The molecule has 1 N–H and O–H groups in total. The molecule has 3 heteroatoms. The number of rotatable bonds is 3. The molecule has 1 aromatic rings. The Morgan fingerprint density at radius 2 is 2.00 bits per heavy atom. The summed E-state index contributed by atoms with van der Waals surface area (Å²) < 4.78 is 5.68. The molecule has 1 aliphatic rings. The van der Waals surface area contributed by atoms with E-state index in [1.54, 1.807) is 13.2 Å². The molecule has 0 radical (unpaired) electrons. The van der Waals surface area contributed by atoms with Crippen LogP contribution >= 0.6 is 0 Å². The zero-order valence-electron chi connectivity index (χ0n) is 11.1. The fourth-order valence-corrected chi connectivity index (χ4v) is 2.31. The number of aliphatic hydroxyl groups excluding tert-OH is 1. The van der Waals surface area contributed by atoms with E-state index in [1.807, 2.05) is 55.4 Å². The first kappa shape index (κ1) is 12.7. The smallest absolute Gasteiger partial charge is 0.135 e. The van der Waals surface area contributed by atoms with E-state index in [2.05, 4.69) is 0 Å². The standard InChI is InChI=1S/C15H19NO2/c1-16(2)14-9-5-4-8-13(14)15(18-3)10-6-7-12(17)11-15/h4-6,8-11,17H,7H2,1-3H3. The van der Waals surface area contributed by atoms with Crippen molar-refractivity contribution in [1.29, 1.82) is 0 Å². The van der Waals surface area contributed by atoms with E-state index in [9.17, 15) is 5.11 Å². The fourth-order valence-electron chi connectivity index (χ4n) is 2.31. The van der Waals surface area contributed by atoms with Gasteiger partial charge < -0.3 is 14.7 Å². The Morgan fingerprint density at radius 1 is 1.28 bits per heavy atom. The molecule has 2 rings (SSSR count). The number of hydrogen-bond donors (Lipinski definition) is 1. The average Bonchev–Trinajstić information content (AvgIpc) is 2.38. The Bertz CT molecular complexity index is 491. The second kappa shape index (κ2) is 4.86. The average molecular weight is 245 g/mol. The van der Waals surface area contributed by atoms with Gasteiger partial charge in [-0.3, -0.25) is 0 Å². The largest absolute Gasteiger partial charge is 0.512 e. The van der Waals surface area contributed by atoms with Crippen molar-refractivity contribution < 1.29 is 9.84 Å². The normalized spacial score (nSPS) is 22.7. The van der Waals surface area contributed by atoms with Crippen molar-refractivity contribution in [1.82, 2.24) is 0 Å². The molecule has 1 atom stereocenters. The van der Waals surface area contributed by atoms with Gasteiger partial charge in [0.25, 0.3) is 0 Å². The molecule has 18 heavy (non-hydrogen) atoms. The van der Waals surface area contributed by atoms with Crippen molar-refractivity contribution in [2.45, 2.75) is 12.0 Å². The summed E-state index contributed by atoms with van der Waals surface area (Å²) in [6.45, 7) is 0. The molecule has 0 amide bonds. The third-order valence-electron chi connectivity index (χ3n) is 3.22. The van der Waals surface area contributed by atoms with Crippen LogP contribution in [0.2, 0.25) is 0 Å². The molecule has 1 unspecified atom stereocenters. The third-order valence-corrected chi connectivity index (χ3v) is 3.22. The van der Waals surface area contributed by atoms with Gasteiger partial charge in [-0.1, -0.05) is 24.3 Å². The molecule has 0 aromatic heterocycles. The minimum absolute atomic E-state index is 0.341. The highest BCUT2D eigenvalue weighted by atomic mass is 16.5. The highest BCUT2D eigenvalue weighted by Crippen LogP contribution is 2.38. The zero-order chi connectivity index (χ0) is 13.2. The first-order valence-corrected chi connectivity index (χ1v) is 5.99. The van der Waals surface area contributed by atoms with Crippen LogP contribution in [-0.4, -0.2) is 26.3 Å². The molecule has 0 bridgehead atoms. The predicted molar refractivity (Wildman–Crippen MR) is 73.9 cm³/mol. The summed E-state index contributed by atoms with van der Waals surface area (Å²) in [5.74, 6) is 0.341. The number of allylic oxidation sites excluding steroid dienone is 1. The van der Waals surface area contributed by atoms with Crippen molar-refractivity contribution >= 4 is 5.69 Å². The number of ether oxygens (including phenoxy) is 1. The number of methoxy groups -OCH3 is 1. The first-order chi connectivity index (χ1) is 8.59. The van der Waals surface area contributed by atoms with Crippen LogP contribution < -0.4 is 4.90 Å². The molecule has 1 aliphatic carbocycles. The second-order valence-corrected chi connectivity index (χ2v) is 4.65. The summed E-state index contributed by atoms with van der Waals surface area (Å²) in [5, 5.41) is 9.78. The van der Waals surface area contributed by atoms with E-state index < -0.39 is 5.60 Å². The summed E-state index contributed by atoms with van der Waals surface area (Å²) >= 11 is 0. The highest BCUT2D eigenvalue weighted by molar-refractivity contribution is 5.58. The molecule has 0 heterocycles. The summed E-state index contributed by atoms with van der Waals surface area (Å²) in [4.78, 5) is 2.05. The molecule has 0 saturated heterocycles. The lowest BCUT2D eigenvalue weighted by Gasteiger charge is -2.32.